The maximum absolute atomic E-state index is 12.2. The number of rotatable bonds is 9. The molecule has 0 saturated carbocycles. The van der Waals surface area contributed by atoms with Crippen molar-refractivity contribution in [3.63, 3.8) is 0 Å². The number of nitrogens with one attached hydrogen (secondary N) is 1. The van der Waals surface area contributed by atoms with Gasteiger partial charge in [0.1, 0.15) is 12.4 Å². The summed E-state index contributed by atoms with van der Waals surface area (Å²) in [5.41, 5.74) is 2.16. The van der Waals surface area contributed by atoms with Gasteiger partial charge < -0.3 is 19.7 Å². The summed E-state index contributed by atoms with van der Waals surface area (Å²) >= 11 is 0. The molecule has 0 unspecified atom stereocenters. The van der Waals surface area contributed by atoms with Gasteiger partial charge in [0.25, 0.3) is 0 Å². The molecule has 0 aliphatic carbocycles. The van der Waals surface area contributed by atoms with Gasteiger partial charge in [-0.25, -0.2) is 4.79 Å². The molecular formula is C20H26N2O3. The fraction of sp³-hybridized carbons (Fsp3) is 0.350. The van der Waals surface area contributed by atoms with Crippen molar-refractivity contribution in [2.45, 2.75) is 20.1 Å². The molecule has 0 bridgehead atoms. The van der Waals surface area contributed by atoms with Crippen molar-refractivity contribution in [3.8, 4) is 5.75 Å². The van der Waals surface area contributed by atoms with E-state index >= 15 is 0 Å². The van der Waals surface area contributed by atoms with Gasteiger partial charge in [-0.3, -0.25) is 0 Å². The predicted molar refractivity (Wildman–Crippen MR) is 98.6 cm³/mol. The van der Waals surface area contributed by atoms with Crippen molar-refractivity contribution < 1.29 is 14.3 Å². The van der Waals surface area contributed by atoms with Crippen LogP contribution in [-0.2, 0) is 17.9 Å². The lowest BCUT2D eigenvalue weighted by Gasteiger charge is -2.19. The number of carbonyl (C=O) groups is 1. The Morgan fingerprint density at radius 1 is 1.04 bits per heavy atom. The maximum Gasteiger partial charge on any atom is 0.317 e. The molecule has 2 rings (SSSR count). The lowest BCUT2D eigenvalue weighted by atomic mass is 10.1. The van der Waals surface area contributed by atoms with Crippen molar-refractivity contribution in [3.05, 3.63) is 65.7 Å². The minimum Gasteiger partial charge on any atom is -0.492 e. The average Bonchev–Trinajstić information content (AvgIpc) is 2.65. The fourth-order valence-electron chi connectivity index (χ4n) is 2.31. The third-order valence-electron chi connectivity index (χ3n) is 3.80. The van der Waals surface area contributed by atoms with Crippen molar-refractivity contribution in [1.29, 1.82) is 0 Å². The Hall–Kier alpha value is -2.53. The molecule has 5 heteroatoms. The molecule has 2 aromatic carbocycles. The van der Waals surface area contributed by atoms with Crippen LogP contribution in [0.3, 0.4) is 0 Å². The molecule has 0 atom stereocenters. The van der Waals surface area contributed by atoms with Crippen molar-refractivity contribution >= 4 is 6.03 Å². The first kappa shape index (κ1) is 18.8. The van der Waals surface area contributed by atoms with Gasteiger partial charge >= 0.3 is 6.03 Å². The molecule has 134 valence electrons. The summed E-state index contributed by atoms with van der Waals surface area (Å²) in [4.78, 5) is 13.8. The summed E-state index contributed by atoms with van der Waals surface area (Å²) in [5, 5.41) is 2.94. The summed E-state index contributed by atoms with van der Waals surface area (Å²) in [6, 6.07) is 17.4. The monoisotopic (exact) mass is 342 g/mol. The zero-order valence-corrected chi connectivity index (χ0v) is 14.9. The Morgan fingerprint density at radius 2 is 1.72 bits per heavy atom. The van der Waals surface area contributed by atoms with E-state index in [1.165, 1.54) is 0 Å². The SMILES string of the molecule is CCOCc1ccccc1CNC(=O)N(C)CCOc1ccccc1. The Morgan fingerprint density at radius 3 is 2.44 bits per heavy atom. The van der Waals surface area contributed by atoms with E-state index in [-0.39, 0.29) is 6.03 Å². The Balaban J connectivity index is 1.75. The normalized spacial score (nSPS) is 10.3. The van der Waals surface area contributed by atoms with Crippen molar-refractivity contribution in [2.24, 2.45) is 0 Å². The quantitative estimate of drug-likeness (QED) is 0.759. The first-order chi connectivity index (χ1) is 12.2. The fourth-order valence-corrected chi connectivity index (χ4v) is 2.31. The molecule has 0 aromatic heterocycles. The third kappa shape index (κ3) is 6.47. The number of amides is 2. The van der Waals surface area contributed by atoms with E-state index in [2.05, 4.69) is 5.32 Å². The number of ether oxygens (including phenoxy) is 2. The number of benzene rings is 2. The van der Waals surface area contributed by atoms with Gasteiger partial charge in [-0.15, -0.1) is 0 Å². The number of hydrogen-bond donors (Lipinski definition) is 1. The molecule has 2 amide bonds. The first-order valence-corrected chi connectivity index (χ1v) is 8.52. The van der Waals surface area contributed by atoms with E-state index in [1.807, 2.05) is 61.5 Å². The summed E-state index contributed by atoms with van der Waals surface area (Å²) in [7, 11) is 1.76. The van der Waals surface area contributed by atoms with E-state index in [9.17, 15) is 4.79 Å². The maximum atomic E-state index is 12.2. The molecule has 0 aliphatic rings. The van der Waals surface area contributed by atoms with E-state index in [0.717, 1.165) is 16.9 Å². The second kappa shape index (κ2) is 10.4. The highest BCUT2D eigenvalue weighted by Crippen LogP contribution is 2.10. The van der Waals surface area contributed by atoms with Gasteiger partial charge in [0, 0.05) is 20.2 Å². The van der Waals surface area contributed by atoms with Crippen LogP contribution in [0.1, 0.15) is 18.1 Å². The number of para-hydroxylation sites is 1. The molecule has 0 aliphatic heterocycles. The Bertz CT molecular complexity index is 646. The highest BCUT2D eigenvalue weighted by Gasteiger charge is 2.09. The topological polar surface area (TPSA) is 50.8 Å². The second-order valence-corrected chi connectivity index (χ2v) is 5.65. The van der Waals surface area contributed by atoms with Gasteiger partial charge in [-0.2, -0.15) is 0 Å². The van der Waals surface area contributed by atoms with Crippen LogP contribution in [0, 0.1) is 0 Å². The zero-order valence-electron chi connectivity index (χ0n) is 14.9. The Labute approximate surface area is 149 Å². The van der Waals surface area contributed by atoms with Crippen LogP contribution in [0.15, 0.2) is 54.6 Å². The zero-order chi connectivity index (χ0) is 17.9. The highest BCUT2D eigenvalue weighted by atomic mass is 16.5. The number of urea groups is 1. The molecule has 0 saturated heterocycles. The highest BCUT2D eigenvalue weighted by molar-refractivity contribution is 5.73. The first-order valence-electron chi connectivity index (χ1n) is 8.52. The lowest BCUT2D eigenvalue weighted by molar-refractivity contribution is 0.133. The molecule has 0 radical (unpaired) electrons. The van der Waals surface area contributed by atoms with Crippen LogP contribution in [-0.4, -0.2) is 37.7 Å². The summed E-state index contributed by atoms with van der Waals surface area (Å²) in [6.07, 6.45) is 0. The third-order valence-corrected chi connectivity index (χ3v) is 3.80. The summed E-state index contributed by atoms with van der Waals surface area (Å²) < 4.78 is 11.1. The molecule has 0 heterocycles. The minimum atomic E-state index is -0.122. The number of likely N-dealkylation sites (N-methyl/N-ethyl adjacent to an activating group) is 1. The molecule has 0 fully saturated rings. The van der Waals surface area contributed by atoms with E-state index in [1.54, 1.807) is 11.9 Å². The van der Waals surface area contributed by atoms with Crippen LogP contribution in [0.5, 0.6) is 5.75 Å². The van der Waals surface area contributed by atoms with Crippen LogP contribution in [0.2, 0.25) is 0 Å². The van der Waals surface area contributed by atoms with Gasteiger partial charge in [0.2, 0.25) is 0 Å². The van der Waals surface area contributed by atoms with E-state index in [0.29, 0.717) is 32.9 Å². The lowest BCUT2D eigenvalue weighted by Crippen LogP contribution is -2.39. The van der Waals surface area contributed by atoms with Crippen molar-refractivity contribution in [2.75, 3.05) is 26.8 Å². The van der Waals surface area contributed by atoms with Gasteiger partial charge in [0.05, 0.1) is 13.2 Å². The molecule has 5 nitrogen and oxygen atoms in total. The second-order valence-electron chi connectivity index (χ2n) is 5.65. The van der Waals surface area contributed by atoms with Crippen LogP contribution >= 0.6 is 0 Å². The number of nitrogens with zero attached hydrogens (tertiary/aromatic N) is 1. The smallest absolute Gasteiger partial charge is 0.317 e. The van der Waals surface area contributed by atoms with E-state index < -0.39 is 0 Å². The molecule has 2 aromatic rings. The van der Waals surface area contributed by atoms with E-state index in [4.69, 9.17) is 9.47 Å². The van der Waals surface area contributed by atoms with Gasteiger partial charge in [-0.05, 0) is 30.2 Å². The van der Waals surface area contributed by atoms with Crippen molar-refractivity contribution in [1.82, 2.24) is 10.2 Å². The molecule has 1 N–H and O–H groups in total. The average molecular weight is 342 g/mol. The van der Waals surface area contributed by atoms with Crippen LogP contribution in [0.25, 0.3) is 0 Å². The Kier molecular flexibility index (Phi) is 7.79. The van der Waals surface area contributed by atoms with Crippen LogP contribution in [0.4, 0.5) is 4.79 Å². The minimum absolute atomic E-state index is 0.122. The van der Waals surface area contributed by atoms with Crippen LogP contribution < -0.4 is 10.1 Å². The largest absolute Gasteiger partial charge is 0.492 e. The summed E-state index contributed by atoms with van der Waals surface area (Å²) in [5.74, 6) is 0.807. The predicted octanol–water partition coefficient (Wildman–Crippen LogP) is 3.44. The standard InChI is InChI=1S/C20H26N2O3/c1-3-24-16-18-10-8-7-9-17(18)15-21-20(23)22(2)13-14-25-19-11-5-4-6-12-19/h4-12H,3,13-16H2,1-2H3,(H,21,23). The number of hydrogen-bond acceptors (Lipinski definition) is 3. The van der Waals surface area contributed by atoms with Gasteiger partial charge in [-0.1, -0.05) is 42.5 Å². The molecule has 25 heavy (non-hydrogen) atoms. The number of carbonyl (C=O) groups excluding carboxylic acids is 1. The molecular weight excluding hydrogens is 316 g/mol. The van der Waals surface area contributed by atoms with Gasteiger partial charge in [0.15, 0.2) is 0 Å². The summed E-state index contributed by atoms with van der Waals surface area (Å²) in [6.45, 7) is 4.65. The molecule has 0 spiro atoms.